The molecule has 2 heterocycles. The topological polar surface area (TPSA) is 49.0 Å². The van der Waals surface area contributed by atoms with Crippen LogP contribution in [-0.2, 0) is 17.6 Å². The Morgan fingerprint density at radius 2 is 1.77 bits per heavy atom. The van der Waals surface area contributed by atoms with Crippen molar-refractivity contribution in [2.75, 3.05) is 6.54 Å². The molecule has 7 heteroatoms. The van der Waals surface area contributed by atoms with E-state index in [1.807, 2.05) is 30.3 Å². The predicted molar refractivity (Wildman–Crippen MR) is 112 cm³/mol. The van der Waals surface area contributed by atoms with E-state index >= 15 is 0 Å². The maximum atomic E-state index is 12.8. The molecule has 1 amide bonds. The van der Waals surface area contributed by atoms with Gasteiger partial charge in [0.2, 0.25) is 5.91 Å². The number of hydrogen-bond acceptors (Lipinski definition) is 2. The van der Waals surface area contributed by atoms with Gasteiger partial charge in [-0.15, -0.1) is 0 Å². The average Bonchev–Trinajstić information content (AvgIpc) is 3.41. The third-order valence-corrected chi connectivity index (χ3v) is 5.62. The molecule has 0 spiro atoms. The molecular formula is C24H24F3N3O. The molecule has 1 aliphatic heterocycles. The molecule has 1 saturated heterocycles. The van der Waals surface area contributed by atoms with Crippen LogP contribution in [0.2, 0.25) is 0 Å². The number of alkyl halides is 3. The highest BCUT2D eigenvalue weighted by atomic mass is 19.4. The van der Waals surface area contributed by atoms with Gasteiger partial charge in [0, 0.05) is 24.9 Å². The summed E-state index contributed by atoms with van der Waals surface area (Å²) in [5, 5.41) is 0. The fourth-order valence-corrected chi connectivity index (χ4v) is 4.09. The number of aryl methyl sites for hydroxylation is 1. The Labute approximate surface area is 179 Å². The lowest BCUT2D eigenvalue weighted by Gasteiger charge is -2.23. The van der Waals surface area contributed by atoms with Crippen molar-refractivity contribution in [3.63, 3.8) is 0 Å². The van der Waals surface area contributed by atoms with Crippen LogP contribution in [0.5, 0.6) is 0 Å². The van der Waals surface area contributed by atoms with E-state index in [4.69, 9.17) is 0 Å². The summed E-state index contributed by atoms with van der Waals surface area (Å²) in [6, 6.07) is 18.0. The van der Waals surface area contributed by atoms with Crippen LogP contribution in [0.15, 0.2) is 60.8 Å². The van der Waals surface area contributed by atoms with E-state index < -0.39 is 12.6 Å². The molecule has 162 valence electrons. The second-order valence-electron chi connectivity index (χ2n) is 7.89. The number of carbonyl (C=O) groups is 1. The highest BCUT2D eigenvalue weighted by Crippen LogP contribution is 2.32. The van der Waals surface area contributed by atoms with Crippen molar-refractivity contribution in [2.24, 2.45) is 0 Å². The number of likely N-dealkylation sites (tertiary alicyclic amines) is 1. The van der Waals surface area contributed by atoms with Gasteiger partial charge in [0.15, 0.2) is 0 Å². The van der Waals surface area contributed by atoms with Gasteiger partial charge >= 0.3 is 6.18 Å². The minimum absolute atomic E-state index is 0.00315. The minimum atomic E-state index is -4.29. The molecule has 1 aromatic heterocycles. The van der Waals surface area contributed by atoms with E-state index in [1.165, 1.54) is 6.20 Å². The molecule has 31 heavy (non-hydrogen) atoms. The molecule has 0 saturated carbocycles. The molecule has 4 nitrogen and oxygen atoms in total. The Balaban J connectivity index is 1.36. The first-order chi connectivity index (χ1) is 14.9. The fraction of sp³-hybridized carbons (Fsp3) is 0.333. The molecule has 1 atom stereocenters. The Morgan fingerprint density at radius 1 is 1.06 bits per heavy atom. The van der Waals surface area contributed by atoms with Crippen LogP contribution in [0.4, 0.5) is 13.2 Å². The molecule has 0 bridgehead atoms. The Kier molecular flexibility index (Phi) is 6.11. The zero-order valence-electron chi connectivity index (χ0n) is 17.0. The number of nitrogens with zero attached hydrogens (tertiary/aromatic N) is 2. The number of imidazole rings is 1. The first-order valence-corrected chi connectivity index (χ1v) is 10.4. The second kappa shape index (κ2) is 8.96. The van der Waals surface area contributed by atoms with E-state index in [0.717, 1.165) is 23.1 Å². The summed E-state index contributed by atoms with van der Waals surface area (Å²) in [5.41, 5.74) is 3.38. The number of nitrogens with one attached hydrogen (secondary N) is 1. The number of amides is 1. The molecule has 0 radical (unpaired) electrons. The maximum absolute atomic E-state index is 12.8. The summed E-state index contributed by atoms with van der Waals surface area (Å²) < 4.78 is 37.8. The molecule has 2 aromatic carbocycles. The second-order valence-corrected chi connectivity index (χ2v) is 7.89. The van der Waals surface area contributed by atoms with Gasteiger partial charge in [-0.05, 0) is 36.0 Å². The van der Waals surface area contributed by atoms with Crippen molar-refractivity contribution in [1.29, 1.82) is 0 Å². The van der Waals surface area contributed by atoms with Crippen LogP contribution >= 0.6 is 0 Å². The Hall–Kier alpha value is -3.09. The van der Waals surface area contributed by atoms with Gasteiger partial charge in [-0.1, -0.05) is 54.6 Å². The number of aromatic amines is 1. The Morgan fingerprint density at radius 3 is 2.48 bits per heavy atom. The zero-order chi connectivity index (χ0) is 21.8. The van der Waals surface area contributed by atoms with Crippen molar-refractivity contribution in [3.05, 3.63) is 77.9 Å². The van der Waals surface area contributed by atoms with Gasteiger partial charge in [0.25, 0.3) is 0 Å². The molecule has 1 fully saturated rings. The SMILES string of the molecule is O=C(CCc1ccc(-c2ccccc2)cc1)N1CCC[C@H]1c1ncc(CC(F)(F)F)[nH]1. The summed E-state index contributed by atoms with van der Waals surface area (Å²) in [4.78, 5) is 21.5. The highest BCUT2D eigenvalue weighted by Gasteiger charge is 2.33. The molecule has 0 aliphatic carbocycles. The number of benzene rings is 2. The van der Waals surface area contributed by atoms with Crippen LogP contribution < -0.4 is 0 Å². The fourth-order valence-electron chi connectivity index (χ4n) is 4.09. The van der Waals surface area contributed by atoms with Crippen LogP contribution in [0, 0.1) is 0 Å². The van der Waals surface area contributed by atoms with Crippen molar-refractivity contribution < 1.29 is 18.0 Å². The van der Waals surface area contributed by atoms with Gasteiger partial charge in [-0.25, -0.2) is 4.98 Å². The number of aromatic nitrogens is 2. The maximum Gasteiger partial charge on any atom is 0.394 e. The predicted octanol–water partition coefficient (Wildman–Crippen LogP) is 5.48. The van der Waals surface area contributed by atoms with Gasteiger partial charge in [-0.2, -0.15) is 13.2 Å². The normalized spacial score (nSPS) is 16.6. The number of halogens is 3. The van der Waals surface area contributed by atoms with Crippen LogP contribution in [0.1, 0.15) is 42.4 Å². The standard InChI is InChI=1S/C24H24F3N3O/c25-24(26,27)15-20-16-28-23(29-20)21-7-4-14-30(21)22(31)13-10-17-8-11-19(12-9-17)18-5-2-1-3-6-18/h1-3,5-6,8-9,11-12,16,21H,4,7,10,13-15H2,(H,28,29)/t21-/m0/s1. The summed E-state index contributed by atoms with van der Waals surface area (Å²) >= 11 is 0. The van der Waals surface area contributed by atoms with Gasteiger partial charge in [0.1, 0.15) is 5.82 Å². The molecule has 0 unspecified atom stereocenters. The lowest BCUT2D eigenvalue weighted by Crippen LogP contribution is -2.31. The molecule has 4 rings (SSSR count). The van der Waals surface area contributed by atoms with Crippen LogP contribution in [0.25, 0.3) is 11.1 Å². The Bertz CT molecular complexity index is 1010. The van der Waals surface area contributed by atoms with Crippen molar-refractivity contribution in [3.8, 4) is 11.1 Å². The molecule has 1 aliphatic rings. The quantitative estimate of drug-likeness (QED) is 0.567. The first kappa shape index (κ1) is 21.2. The van der Waals surface area contributed by atoms with Gasteiger partial charge in [-0.3, -0.25) is 4.79 Å². The van der Waals surface area contributed by atoms with Crippen LogP contribution in [-0.4, -0.2) is 33.5 Å². The third-order valence-electron chi connectivity index (χ3n) is 5.62. The lowest BCUT2D eigenvalue weighted by atomic mass is 10.0. The van der Waals surface area contributed by atoms with Gasteiger partial charge in [0.05, 0.1) is 12.5 Å². The summed E-state index contributed by atoms with van der Waals surface area (Å²) in [6.45, 7) is 0.603. The zero-order valence-corrected chi connectivity index (χ0v) is 17.0. The summed E-state index contributed by atoms with van der Waals surface area (Å²) in [6.07, 6.45) is -1.61. The van der Waals surface area contributed by atoms with E-state index in [-0.39, 0.29) is 17.6 Å². The minimum Gasteiger partial charge on any atom is -0.344 e. The number of H-pyrrole nitrogens is 1. The number of hydrogen-bond donors (Lipinski definition) is 1. The smallest absolute Gasteiger partial charge is 0.344 e. The monoisotopic (exact) mass is 427 g/mol. The third kappa shape index (κ3) is 5.34. The van der Waals surface area contributed by atoms with Gasteiger partial charge < -0.3 is 9.88 Å². The van der Waals surface area contributed by atoms with Crippen LogP contribution in [0.3, 0.4) is 0 Å². The average molecular weight is 427 g/mol. The van der Waals surface area contributed by atoms with Crippen molar-refractivity contribution >= 4 is 5.91 Å². The van der Waals surface area contributed by atoms with Crippen molar-refractivity contribution in [2.45, 2.75) is 44.3 Å². The van der Waals surface area contributed by atoms with E-state index in [0.29, 0.717) is 31.6 Å². The van der Waals surface area contributed by atoms with E-state index in [1.54, 1.807) is 4.90 Å². The summed E-state index contributed by atoms with van der Waals surface area (Å²) in [7, 11) is 0. The van der Waals surface area contributed by atoms with Crippen molar-refractivity contribution in [1.82, 2.24) is 14.9 Å². The van der Waals surface area contributed by atoms with E-state index in [2.05, 4.69) is 34.2 Å². The number of rotatable bonds is 6. The summed E-state index contributed by atoms with van der Waals surface area (Å²) in [5.74, 6) is 0.445. The molecule has 3 aromatic rings. The number of carbonyl (C=O) groups excluding carboxylic acids is 1. The lowest BCUT2D eigenvalue weighted by molar-refractivity contribution is -0.132. The first-order valence-electron chi connectivity index (χ1n) is 10.4. The highest BCUT2D eigenvalue weighted by molar-refractivity contribution is 5.77. The molecule has 1 N–H and O–H groups in total. The largest absolute Gasteiger partial charge is 0.394 e. The van der Waals surface area contributed by atoms with E-state index in [9.17, 15) is 18.0 Å². The molecular weight excluding hydrogens is 403 g/mol.